The Balaban J connectivity index is 3.11. The van der Waals surface area contributed by atoms with E-state index in [9.17, 15) is 22.8 Å². The van der Waals surface area contributed by atoms with Crippen molar-refractivity contribution in [1.29, 1.82) is 0 Å². The van der Waals surface area contributed by atoms with Crippen LogP contribution >= 0.6 is 0 Å². The lowest BCUT2D eigenvalue weighted by Gasteiger charge is -2.13. The molecule has 23 heavy (non-hydrogen) atoms. The first-order chi connectivity index (χ1) is 10.6. The second kappa shape index (κ2) is 7.52. The Bertz CT molecular complexity index is 625. The van der Waals surface area contributed by atoms with Gasteiger partial charge in [0.2, 0.25) is 0 Å². The molecule has 0 spiro atoms. The van der Waals surface area contributed by atoms with Crippen LogP contribution < -0.4 is 10.1 Å². The molecule has 0 radical (unpaired) electrons. The predicted octanol–water partition coefficient (Wildman–Crippen LogP) is 2.54. The Morgan fingerprint density at radius 1 is 1.13 bits per heavy atom. The molecule has 0 aliphatic carbocycles. The molecule has 1 rings (SSSR count). The zero-order chi connectivity index (χ0) is 17.6. The Kier molecular flexibility index (Phi) is 6.00. The van der Waals surface area contributed by atoms with Crippen LogP contribution in [0.5, 0.6) is 5.75 Å². The zero-order valence-electron chi connectivity index (χ0n) is 12.5. The second-order valence-corrected chi connectivity index (χ2v) is 4.28. The van der Waals surface area contributed by atoms with Gasteiger partial charge in [-0.1, -0.05) is 0 Å². The van der Waals surface area contributed by atoms with E-state index in [2.05, 4.69) is 19.5 Å². The summed E-state index contributed by atoms with van der Waals surface area (Å²) in [6.07, 6.45) is -4.03. The summed E-state index contributed by atoms with van der Waals surface area (Å²) >= 11 is 0. The number of hydrogen-bond acceptors (Lipinski definition) is 6. The summed E-state index contributed by atoms with van der Waals surface area (Å²) in [5.74, 6) is -2.20. The van der Waals surface area contributed by atoms with Crippen LogP contribution in [0.3, 0.4) is 0 Å². The van der Waals surface area contributed by atoms with Crippen molar-refractivity contribution in [2.45, 2.75) is 13.3 Å². The van der Waals surface area contributed by atoms with E-state index < -0.39 is 24.1 Å². The largest absolute Gasteiger partial charge is 0.573 e. The number of nitrogens with one attached hydrogen (secondary N) is 1. The number of methoxy groups -OCH3 is 2. The fourth-order valence-corrected chi connectivity index (χ4v) is 1.60. The van der Waals surface area contributed by atoms with Gasteiger partial charge in [0.05, 0.1) is 20.3 Å². The maximum absolute atomic E-state index is 12.3. The van der Waals surface area contributed by atoms with Crippen molar-refractivity contribution in [2.75, 3.05) is 19.5 Å². The van der Waals surface area contributed by atoms with Gasteiger partial charge in [0.1, 0.15) is 11.4 Å². The average Bonchev–Trinajstić information content (AvgIpc) is 2.42. The van der Waals surface area contributed by atoms with E-state index in [0.29, 0.717) is 5.56 Å². The van der Waals surface area contributed by atoms with Gasteiger partial charge in [0, 0.05) is 11.8 Å². The number of carbonyl (C=O) groups excluding carboxylic acids is 2. The molecule has 0 unspecified atom stereocenters. The van der Waals surface area contributed by atoms with Gasteiger partial charge >= 0.3 is 18.3 Å². The maximum atomic E-state index is 12.3. The predicted molar refractivity (Wildman–Crippen MR) is 73.6 cm³/mol. The highest BCUT2D eigenvalue weighted by Gasteiger charge is 2.31. The lowest BCUT2D eigenvalue weighted by atomic mass is 10.2. The number of hydrogen-bond donors (Lipinski definition) is 1. The highest BCUT2D eigenvalue weighted by Crippen LogP contribution is 2.27. The van der Waals surface area contributed by atoms with Crippen molar-refractivity contribution in [3.63, 3.8) is 0 Å². The lowest BCUT2D eigenvalue weighted by molar-refractivity contribution is -0.274. The third-order valence-corrected chi connectivity index (χ3v) is 2.43. The quantitative estimate of drug-likeness (QED) is 0.659. The van der Waals surface area contributed by atoms with E-state index >= 15 is 0 Å². The Morgan fingerprint density at radius 2 is 1.78 bits per heavy atom. The number of esters is 2. The molecule has 0 saturated carbocycles. The number of benzene rings is 1. The van der Waals surface area contributed by atoms with Gasteiger partial charge in [-0.05, 0) is 24.6 Å². The minimum absolute atomic E-state index is 0.102. The molecule has 0 aromatic heterocycles. The van der Waals surface area contributed by atoms with E-state index in [1.165, 1.54) is 19.1 Å². The molecule has 0 bridgehead atoms. The molecule has 1 aromatic rings. The number of aryl methyl sites for hydroxylation is 1. The van der Waals surface area contributed by atoms with Crippen molar-refractivity contribution in [3.05, 3.63) is 35.5 Å². The number of alkyl halides is 3. The molecule has 1 aromatic carbocycles. The zero-order valence-corrected chi connectivity index (χ0v) is 12.5. The van der Waals surface area contributed by atoms with Gasteiger partial charge in [0.15, 0.2) is 0 Å². The Labute approximate surface area is 129 Å². The van der Waals surface area contributed by atoms with E-state index in [0.717, 1.165) is 26.4 Å². The smallest absolute Gasteiger partial charge is 0.466 e. The summed E-state index contributed by atoms with van der Waals surface area (Å²) in [5.41, 5.74) is 0.240. The van der Waals surface area contributed by atoms with Crippen molar-refractivity contribution in [1.82, 2.24) is 0 Å². The normalized spacial score (nSPS) is 11.7. The first-order valence-electron chi connectivity index (χ1n) is 6.17. The molecule has 126 valence electrons. The molecular formula is C14H14F3NO5. The van der Waals surface area contributed by atoms with Crippen LogP contribution in [0.15, 0.2) is 30.0 Å². The molecular weight excluding hydrogens is 319 g/mol. The van der Waals surface area contributed by atoms with Gasteiger partial charge in [-0.2, -0.15) is 0 Å². The number of ether oxygens (including phenoxy) is 3. The molecule has 0 amide bonds. The Hall–Kier alpha value is -2.71. The number of anilines is 1. The summed E-state index contributed by atoms with van der Waals surface area (Å²) in [6.45, 7) is 1.54. The standard InChI is InChI=1S/C14H14F3NO5/c1-8-4-9(6-10(5-8)23-14(15,16)17)18-11(13(20)22-3)7-12(19)21-2/h4-7,18H,1-3H3/b11-7+. The van der Waals surface area contributed by atoms with Crippen LogP contribution in [-0.4, -0.2) is 32.5 Å². The number of halogens is 3. The van der Waals surface area contributed by atoms with Gasteiger partial charge in [0.25, 0.3) is 0 Å². The van der Waals surface area contributed by atoms with Crippen LogP contribution in [0.1, 0.15) is 5.56 Å². The van der Waals surface area contributed by atoms with Gasteiger partial charge < -0.3 is 19.5 Å². The topological polar surface area (TPSA) is 73.9 Å². The molecule has 0 fully saturated rings. The fraction of sp³-hybridized carbons (Fsp3) is 0.286. The van der Waals surface area contributed by atoms with E-state index in [1.54, 1.807) is 0 Å². The van der Waals surface area contributed by atoms with Gasteiger partial charge in [-0.15, -0.1) is 13.2 Å². The van der Waals surface area contributed by atoms with Crippen LogP contribution in [0.4, 0.5) is 18.9 Å². The molecule has 0 saturated heterocycles. The third-order valence-electron chi connectivity index (χ3n) is 2.43. The fourth-order valence-electron chi connectivity index (χ4n) is 1.60. The minimum Gasteiger partial charge on any atom is -0.466 e. The first-order valence-corrected chi connectivity index (χ1v) is 6.17. The molecule has 0 atom stereocenters. The summed E-state index contributed by atoms with van der Waals surface area (Å²) in [6, 6.07) is 3.65. The van der Waals surface area contributed by atoms with Crippen molar-refractivity contribution in [3.8, 4) is 5.75 Å². The van der Waals surface area contributed by atoms with Crippen LogP contribution in [0.25, 0.3) is 0 Å². The molecule has 1 N–H and O–H groups in total. The second-order valence-electron chi connectivity index (χ2n) is 4.28. The minimum atomic E-state index is -4.85. The third kappa shape index (κ3) is 6.29. The molecule has 9 heteroatoms. The monoisotopic (exact) mass is 333 g/mol. The summed E-state index contributed by atoms with van der Waals surface area (Å²) in [4.78, 5) is 22.8. The first kappa shape index (κ1) is 18.3. The lowest BCUT2D eigenvalue weighted by Crippen LogP contribution is -2.18. The number of rotatable bonds is 5. The van der Waals surface area contributed by atoms with E-state index in [4.69, 9.17) is 0 Å². The van der Waals surface area contributed by atoms with Crippen LogP contribution in [0.2, 0.25) is 0 Å². The van der Waals surface area contributed by atoms with Crippen LogP contribution in [-0.2, 0) is 19.1 Å². The highest BCUT2D eigenvalue weighted by molar-refractivity contribution is 5.98. The highest BCUT2D eigenvalue weighted by atomic mass is 19.4. The molecule has 0 aliphatic rings. The van der Waals surface area contributed by atoms with E-state index in [1.807, 2.05) is 0 Å². The van der Waals surface area contributed by atoms with E-state index in [-0.39, 0.29) is 11.4 Å². The summed E-state index contributed by atoms with van der Waals surface area (Å²) in [5, 5.41) is 2.50. The summed E-state index contributed by atoms with van der Waals surface area (Å²) in [7, 11) is 2.19. The van der Waals surface area contributed by atoms with Crippen LogP contribution in [0, 0.1) is 6.92 Å². The van der Waals surface area contributed by atoms with Gasteiger partial charge in [-0.25, -0.2) is 9.59 Å². The summed E-state index contributed by atoms with van der Waals surface area (Å²) < 4.78 is 49.5. The van der Waals surface area contributed by atoms with Crippen molar-refractivity contribution >= 4 is 17.6 Å². The Morgan fingerprint density at radius 3 is 2.30 bits per heavy atom. The maximum Gasteiger partial charge on any atom is 0.573 e. The van der Waals surface area contributed by atoms with Gasteiger partial charge in [-0.3, -0.25) is 0 Å². The molecule has 0 heterocycles. The van der Waals surface area contributed by atoms with Crippen molar-refractivity contribution < 1.29 is 37.0 Å². The average molecular weight is 333 g/mol. The molecule has 6 nitrogen and oxygen atoms in total. The SMILES string of the molecule is COC(=O)/C=C(/Nc1cc(C)cc(OC(F)(F)F)c1)C(=O)OC. The number of carbonyl (C=O) groups is 2. The van der Waals surface area contributed by atoms with Crippen molar-refractivity contribution in [2.24, 2.45) is 0 Å². The molecule has 0 aliphatic heterocycles.